The summed E-state index contributed by atoms with van der Waals surface area (Å²) in [6.07, 6.45) is -10.0. The van der Waals surface area contributed by atoms with Crippen LogP contribution in [0.4, 0.5) is 26.3 Å². The number of hydrogen-bond acceptors (Lipinski definition) is 4. The van der Waals surface area contributed by atoms with E-state index in [-0.39, 0.29) is 11.7 Å². The first kappa shape index (κ1) is 18.5. The summed E-state index contributed by atoms with van der Waals surface area (Å²) in [7, 11) is 0. The van der Waals surface area contributed by atoms with E-state index in [0.29, 0.717) is 17.9 Å². The summed E-state index contributed by atoms with van der Waals surface area (Å²) >= 11 is 0.919. The van der Waals surface area contributed by atoms with Crippen molar-refractivity contribution in [2.45, 2.75) is 18.0 Å². The van der Waals surface area contributed by atoms with Gasteiger partial charge >= 0.3 is 18.0 Å². The van der Waals surface area contributed by atoms with Crippen molar-refractivity contribution in [1.29, 1.82) is 0 Å². The van der Waals surface area contributed by atoms with E-state index < -0.39 is 41.0 Å². The Morgan fingerprint density at radius 1 is 1.23 bits per heavy atom. The summed E-state index contributed by atoms with van der Waals surface area (Å²) in [6.45, 7) is -0.000404. The first-order valence-electron chi connectivity index (χ1n) is 7.07. The minimum atomic E-state index is -5.26. The van der Waals surface area contributed by atoms with Crippen LogP contribution < -0.4 is 5.32 Å². The van der Waals surface area contributed by atoms with Crippen LogP contribution in [0.3, 0.4) is 0 Å². The van der Waals surface area contributed by atoms with E-state index in [1.165, 1.54) is 5.32 Å². The lowest BCUT2D eigenvalue weighted by atomic mass is 10.1. The summed E-state index contributed by atoms with van der Waals surface area (Å²) < 4.78 is 78.8. The molecule has 1 aromatic carbocycles. The number of alkyl halides is 6. The minimum Gasteiger partial charge on any atom is -0.312 e. The Balaban J connectivity index is 1.96. The lowest BCUT2D eigenvalue weighted by Gasteiger charge is -2.28. The number of nitrogens with zero attached hydrogens (tertiary/aromatic N) is 2. The number of nitrogens with one attached hydrogen (secondary N) is 1. The Morgan fingerprint density at radius 2 is 1.92 bits per heavy atom. The van der Waals surface area contributed by atoms with Crippen molar-refractivity contribution in [2.24, 2.45) is 4.99 Å². The van der Waals surface area contributed by atoms with Crippen molar-refractivity contribution in [2.75, 3.05) is 12.3 Å². The van der Waals surface area contributed by atoms with Crippen LogP contribution in [-0.4, -0.2) is 46.0 Å². The second-order valence-electron chi connectivity index (χ2n) is 5.44. The van der Waals surface area contributed by atoms with Crippen LogP contribution in [0.15, 0.2) is 29.3 Å². The van der Waals surface area contributed by atoms with Crippen LogP contribution in [0.2, 0.25) is 0 Å². The van der Waals surface area contributed by atoms with Gasteiger partial charge in [0.25, 0.3) is 11.8 Å². The normalized spacial score (nSPS) is 23.1. The molecule has 1 N–H and O–H groups in total. The smallest absolute Gasteiger partial charge is 0.312 e. The van der Waals surface area contributed by atoms with Gasteiger partial charge in [-0.15, -0.1) is 0 Å². The summed E-state index contributed by atoms with van der Waals surface area (Å²) in [5.74, 6) is -2.61. The third-order valence-corrected chi connectivity index (χ3v) is 4.71. The number of benzene rings is 1. The van der Waals surface area contributed by atoms with Crippen LogP contribution in [0.25, 0.3) is 0 Å². The molecule has 0 bridgehead atoms. The van der Waals surface area contributed by atoms with Gasteiger partial charge in [-0.25, -0.2) is 4.99 Å². The third kappa shape index (κ3) is 2.91. The van der Waals surface area contributed by atoms with E-state index in [9.17, 15) is 35.9 Å². The van der Waals surface area contributed by atoms with Crippen LogP contribution in [0, 0.1) is 0 Å². The molecule has 2 aliphatic rings. The molecule has 1 unspecified atom stereocenters. The van der Waals surface area contributed by atoms with E-state index >= 15 is 0 Å². The highest BCUT2D eigenvalue weighted by atomic mass is 32.2. The highest BCUT2D eigenvalue weighted by Crippen LogP contribution is 2.41. The van der Waals surface area contributed by atoms with Gasteiger partial charge in [-0.2, -0.15) is 26.3 Å². The fourth-order valence-corrected chi connectivity index (χ4v) is 3.47. The predicted octanol–water partition coefficient (Wildman–Crippen LogP) is 2.64. The van der Waals surface area contributed by atoms with Gasteiger partial charge in [-0.1, -0.05) is 17.8 Å². The predicted molar refractivity (Wildman–Crippen MR) is 79.3 cm³/mol. The lowest BCUT2D eigenvalue weighted by molar-refractivity contribution is -0.196. The Labute approximate surface area is 146 Å². The molecule has 5 nitrogen and oxygen atoms in total. The van der Waals surface area contributed by atoms with Crippen molar-refractivity contribution in [1.82, 2.24) is 10.2 Å². The SMILES string of the molecule is O=C(NC1(C(F)(F)F)N=C2SCCN2C1=O)c1cccc(C(F)(F)F)c1. The maximum atomic E-state index is 13.6. The second kappa shape index (κ2) is 5.89. The number of amidine groups is 1. The molecule has 2 amide bonds. The highest BCUT2D eigenvalue weighted by Gasteiger charge is 2.67. The molecule has 2 heterocycles. The molecular weight excluding hydrogens is 388 g/mol. The number of hydrogen-bond donors (Lipinski definition) is 1. The number of rotatable bonds is 2. The van der Waals surface area contributed by atoms with Crippen LogP contribution >= 0.6 is 11.8 Å². The maximum Gasteiger partial charge on any atom is 0.442 e. The van der Waals surface area contributed by atoms with Crippen LogP contribution in [-0.2, 0) is 11.0 Å². The van der Waals surface area contributed by atoms with Gasteiger partial charge in [0.1, 0.15) is 0 Å². The first-order chi connectivity index (χ1) is 12.0. The number of fused-ring (bicyclic) bond motifs is 1. The van der Waals surface area contributed by atoms with Crippen LogP contribution in [0.5, 0.6) is 0 Å². The molecule has 3 rings (SSSR count). The van der Waals surface area contributed by atoms with Crippen molar-refractivity contribution in [3.8, 4) is 0 Å². The lowest BCUT2D eigenvalue weighted by Crippen LogP contribution is -2.63. The van der Waals surface area contributed by atoms with Gasteiger partial charge < -0.3 is 5.32 Å². The molecule has 1 aromatic rings. The van der Waals surface area contributed by atoms with Gasteiger partial charge in [0.2, 0.25) is 0 Å². The summed E-state index contributed by atoms with van der Waals surface area (Å²) in [5.41, 5.74) is -5.41. The zero-order valence-corrected chi connectivity index (χ0v) is 13.4. The van der Waals surface area contributed by atoms with Crippen molar-refractivity contribution < 1.29 is 35.9 Å². The Morgan fingerprint density at radius 3 is 2.50 bits per heavy atom. The minimum absolute atomic E-state index is 0.000404. The zero-order chi connectivity index (χ0) is 19.3. The Hall–Kier alpha value is -2.24. The molecule has 0 radical (unpaired) electrons. The summed E-state index contributed by atoms with van der Waals surface area (Å²) in [5, 5.41) is 1.30. The molecule has 2 aliphatic heterocycles. The van der Waals surface area contributed by atoms with Gasteiger partial charge in [0, 0.05) is 17.9 Å². The molecule has 0 spiro atoms. The quantitative estimate of drug-likeness (QED) is 0.781. The summed E-state index contributed by atoms with van der Waals surface area (Å²) in [4.78, 5) is 28.5. The number of halogens is 6. The van der Waals surface area contributed by atoms with E-state index in [1.54, 1.807) is 0 Å². The van der Waals surface area contributed by atoms with Crippen molar-refractivity contribution in [3.05, 3.63) is 35.4 Å². The summed E-state index contributed by atoms with van der Waals surface area (Å²) in [6, 6.07) is 2.87. The number of carbonyl (C=O) groups is 2. The largest absolute Gasteiger partial charge is 0.442 e. The highest BCUT2D eigenvalue weighted by molar-refractivity contribution is 8.14. The number of aliphatic imine (C=N–C) groups is 1. The standard InChI is InChI=1S/C14H9F6N3O2S/c15-13(16,17)8-3-1-2-7(6-8)9(24)21-12(14(18,19)20)10(25)23-4-5-26-11(23)22-12/h1-3,6H,4-5H2,(H,21,24). The first-order valence-corrected chi connectivity index (χ1v) is 8.05. The van der Waals surface area contributed by atoms with Crippen molar-refractivity contribution in [3.63, 3.8) is 0 Å². The Bertz CT molecular complexity index is 807. The molecule has 1 fully saturated rings. The molecule has 26 heavy (non-hydrogen) atoms. The van der Waals surface area contributed by atoms with E-state index in [2.05, 4.69) is 4.99 Å². The average Bonchev–Trinajstić information content (AvgIpc) is 3.08. The third-order valence-electron chi connectivity index (χ3n) is 3.75. The number of thioether (sulfide) groups is 1. The Kier molecular flexibility index (Phi) is 4.20. The van der Waals surface area contributed by atoms with Gasteiger partial charge in [-0.3, -0.25) is 14.5 Å². The molecule has 0 aliphatic carbocycles. The average molecular weight is 397 g/mol. The fourth-order valence-electron chi connectivity index (χ4n) is 2.48. The molecule has 140 valence electrons. The fraction of sp³-hybridized carbons (Fsp3) is 0.357. The van der Waals surface area contributed by atoms with Crippen molar-refractivity contribution >= 4 is 28.7 Å². The van der Waals surface area contributed by atoms with Gasteiger partial charge in [0.05, 0.1) is 5.56 Å². The van der Waals surface area contributed by atoms with Gasteiger partial charge in [-0.05, 0) is 18.2 Å². The van der Waals surface area contributed by atoms with E-state index in [1.807, 2.05) is 0 Å². The second-order valence-corrected chi connectivity index (χ2v) is 6.50. The molecule has 0 saturated carbocycles. The van der Waals surface area contributed by atoms with E-state index in [4.69, 9.17) is 0 Å². The molecular formula is C14H9F6N3O2S. The monoisotopic (exact) mass is 397 g/mol. The number of amides is 2. The molecule has 1 atom stereocenters. The molecule has 0 aromatic heterocycles. The van der Waals surface area contributed by atoms with E-state index in [0.717, 1.165) is 28.8 Å². The topological polar surface area (TPSA) is 61.8 Å². The molecule has 1 saturated heterocycles. The molecule has 12 heteroatoms. The van der Waals surface area contributed by atoms with Crippen LogP contribution in [0.1, 0.15) is 15.9 Å². The maximum absolute atomic E-state index is 13.6. The van der Waals surface area contributed by atoms with Gasteiger partial charge in [0.15, 0.2) is 5.17 Å². The number of carbonyl (C=O) groups excluding carboxylic acids is 2. The zero-order valence-electron chi connectivity index (χ0n) is 12.6.